The van der Waals surface area contributed by atoms with Gasteiger partial charge in [-0.25, -0.2) is 4.79 Å². The Labute approximate surface area is 92.6 Å². The van der Waals surface area contributed by atoms with Gasteiger partial charge in [0.25, 0.3) is 0 Å². The monoisotopic (exact) mass is 216 g/mol. The van der Waals surface area contributed by atoms with Crippen LogP contribution in [-0.4, -0.2) is 24.3 Å². The van der Waals surface area contributed by atoms with Crippen molar-refractivity contribution < 1.29 is 9.53 Å². The van der Waals surface area contributed by atoms with Crippen LogP contribution < -0.4 is 11.1 Å². The molecule has 4 nitrogen and oxygen atoms in total. The van der Waals surface area contributed by atoms with Gasteiger partial charge in [0.05, 0.1) is 0 Å². The third kappa shape index (κ3) is 8.24. The minimum atomic E-state index is -0.450. The van der Waals surface area contributed by atoms with Gasteiger partial charge in [0.1, 0.15) is 5.60 Å². The minimum absolute atomic E-state index is 0.0276. The molecule has 0 saturated carbocycles. The third-order valence-corrected chi connectivity index (χ3v) is 1.91. The summed E-state index contributed by atoms with van der Waals surface area (Å²) in [6, 6.07) is 0.0276. The summed E-state index contributed by atoms with van der Waals surface area (Å²) in [5, 5.41) is 2.77. The molecular weight excluding hydrogens is 192 g/mol. The van der Waals surface area contributed by atoms with Crippen LogP contribution >= 0.6 is 0 Å². The fraction of sp³-hybridized carbons (Fsp3) is 0.909. The lowest BCUT2D eigenvalue weighted by Gasteiger charge is -2.22. The molecule has 0 saturated heterocycles. The molecule has 0 heterocycles. The van der Waals surface area contributed by atoms with Crippen LogP contribution in [0.3, 0.4) is 0 Å². The van der Waals surface area contributed by atoms with E-state index in [1.54, 1.807) is 0 Å². The molecule has 1 amide bonds. The van der Waals surface area contributed by atoms with Gasteiger partial charge in [-0.3, -0.25) is 0 Å². The van der Waals surface area contributed by atoms with Crippen molar-refractivity contribution in [3.8, 4) is 0 Å². The van der Waals surface area contributed by atoms with E-state index in [2.05, 4.69) is 12.2 Å². The highest BCUT2D eigenvalue weighted by Gasteiger charge is 2.18. The van der Waals surface area contributed by atoms with Crippen LogP contribution in [0.5, 0.6) is 0 Å². The highest BCUT2D eigenvalue weighted by atomic mass is 16.6. The van der Waals surface area contributed by atoms with E-state index in [4.69, 9.17) is 10.5 Å². The zero-order valence-electron chi connectivity index (χ0n) is 10.3. The molecule has 15 heavy (non-hydrogen) atoms. The maximum atomic E-state index is 11.4. The van der Waals surface area contributed by atoms with Crippen LogP contribution in [0.15, 0.2) is 0 Å². The van der Waals surface area contributed by atoms with Crippen molar-refractivity contribution in [2.75, 3.05) is 6.54 Å². The number of amides is 1. The Morgan fingerprint density at radius 2 is 2.07 bits per heavy atom. The summed E-state index contributed by atoms with van der Waals surface area (Å²) in [6.07, 6.45) is 2.70. The molecule has 0 spiro atoms. The molecule has 0 aliphatic carbocycles. The molecule has 90 valence electrons. The zero-order chi connectivity index (χ0) is 11.9. The van der Waals surface area contributed by atoms with Gasteiger partial charge in [-0.2, -0.15) is 0 Å². The van der Waals surface area contributed by atoms with Gasteiger partial charge in [0.15, 0.2) is 0 Å². The molecule has 0 fully saturated rings. The van der Waals surface area contributed by atoms with E-state index in [0.717, 1.165) is 19.3 Å². The quantitative estimate of drug-likeness (QED) is 0.739. The van der Waals surface area contributed by atoms with Gasteiger partial charge in [-0.15, -0.1) is 0 Å². The molecule has 0 aromatic heterocycles. The second-order valence-electron chi connectivity index (χ2n) is 4.72. The van der Waals surface area contributed by atoms with Crippen LogP contribution in [0, 0.1) is 0 Å². The second kappa shape index (κ2) is 6.67. The van der Waals surface area contributed by atoms with Gasteiger partial charge >= 0.3 is 6.09 Å². The number of ether oxygens (including phenoxy) is 1. The molecule has 0 aliphatic rings. The van der Waals surface area contributed by atoms with Gasteiger partial charge < -0.3 is 15.8 Å². The molecule has 0 rings (SSSR count). The molecule has 0 aromatic carbocycles. The topological polar surface area (TPSA) is 64.3 Å². The molecule has 3 N–H and O–H groups in total. The highest BCUT2D eigenvalue weighted by Crippen LogP contribution is 2.07. The molecule has 1 atom stereocenters. The average Bonchev–Trinajstić information content (AvgIpc) is 2.09. The van der Waals surface area contributed by atoms with Crippen LogP contribution in [-0.2, 0) is 4.74 Å². The van der Waals surface area contributed by atoms with Crippen LogP contribution in [0.25, 0.3) is 0 Å². The van der Waals surface area contributed by atoms with E-state index in [1.165, 1.54) is 0 Å². The first-order valence-corrected chi connectivity index (χ1v) is 5.58. The number of alkyl carbamates (subject to hydrolysis) is 1. The standard InChI is InChI=1S/C11H24N2O2/c1-5-6-7-9(8-12)13-10(14)15-11(2,3)4/h9H,5-8,12H2,1-4H3,(H,13,14)/t9-/m0/s1. The van der Waals surface area contributed by atoms with Crippen molar-refractivity contribution in [3.63, 3.8) is 0 Å². The number of hydrogen-bond donors (Lipinski definition) is 2. The Bertz CT molecular complexity index is 188. The lowest BCUT2D eigenvalue weighted by atomic mass is 10.1. The summed E-state index contributed by atoms with van der Waals surface area (Å²) in [5.41, 5.74) is 5.10. The predicted octanol–water partition coefficient (Wildman–Crippen LogP) is 2.03. The summed E-state index contributed by atoms with van der Waals surface area (Å²) in [4.78, 5) is 11.4. The molecule has 0 aromatic rings. The van der Waals surface area contributed by atoms with Crippen molar-refractivity contribution in [1.82, 2.24) is 5.32 Å². The third-order valence-electron chi connectivity index (χ3n) is 1.91. The van der Waals surface area contributed by atoms with E-state index in [1.807, 2.05) is 20.8 Å². The zero-order valence-corrected chi connectivity index (χ0v) is 10.3. The number of carbonyl (C=O) groups excluding carboxylic acids is 1. The Morgan fingerprint density at radius 1 is 1.47 bits per heavy atom. The fourth-order valence-electron chi connectivity index (χ4n) is 1.17. The summed E-state index contributed by atoms with van der Waals surface area (Å²) in [6.45, 7) is 8.10. The van der Waals surface area contributed by atoms with E-state index in [9.17, 15) is 4.79 Å². The normalized spacial score (nSPS) is 13.4. The van der Waals surface area contributed by atoms with Crippen molar-refractivity contribution in [2.24, 2.45) is 5.73 Å². The summed E-state index contributed by atoms with van der Waals surface area (Å²) in [7, 11) is 0. The van der Waals surface area contributed by atoms with Gasteiger partial charge in [0.2, 0.25) is 0 Å². The number of hydrogen-bond acceptors (Lipinski definition) is 3. The maximum Gasteiger partial charge on any atom is 0.407 e. The molecule has 0 aliphatic heterocycles. The SMILES string of the molecule is CCCC[C@@H](CN)NC(=O)OC(C)(C)C. The maximum absolute atomic E-state index is 11.4. The Kier molecular flexibility index (Phi) is 6.32. The lowest BCUT2D eigenvalue weighted by molar-refractivity contribution is 0.0503. The number of unbranched alkanes of at least 4 members (excludes halogenated alkanes) is 1. The number of nitrogens with two attached hydrogens (primary N) is 1. The predicted molar refractivity (Wildman–Crippen MR) is 61.7 cm³/mol. The first kappa shape index (κ1) is 14.2. The average molecular weight is 216 g/mol. The summed E-state index contributed by atoms with van der Waals surface area (Å²) >= 11 is 0. The molecule has 0 unspecified atom stereocenters. The Balaban J connectivity index is 3.91. The fourth-order valence-corrected chi connectivity index (χ4v) is 1.17. The smallest absolute Gasteiger partial charge is 0.407 e. The largest absolute Gasteiger partial charge is 0.444 e. The van der Waals surface area contributed by atoms with Crippen molar-refractivity contribution in [1.29, 1.82) is 0 Å². The van der Waals surface area contributed by atoms with Crippen molar-refractivity contribution in [2.45, 2.75) is 58.6 Å². The van der Waals surface area contributed by atoms with Crippen molar-refractivity contribution >= 4 is 6.09 Å². The molecule has 0 bridgehead atoms. The van der Waals surface area contributed by atoms with Gasteiger partial charge in [0, 0.05) is 12.6 Å². The van der Waals surface area contributed by atoms with E-state index < -0.39 is 5.60 Å². The lowest BCUT2D eigenvalue weighted by Crippen LogP contribution is -2.42. The van der Waals surface area contributed by atoms with E-state index in [-0.39, 0.29) is 12.1 Å². The van der Waals surface area contributed by atoms with Gasteiger partial charge in [-0.05, 0) is 27.2 Å². The summed E-state index contributed by atoms with van der Waals surface area (Å²) < 4.78 is 5.14. The van der Waals surface area contributed by atoms with E-state index in [0.29, 0.717) is 6.54 Å². The van der Waals surface area contributed by atoms with E-state index >= 15 is 0 Å². The Morgan fingerprint density at radius 3 is 2.47 bits per heavy atom. The molecule has 0 radical (unpaired) electrons. The molecule has 4 heteroatoms. The number of rotatable bonds is 5. The highest BCUT2D eigenvalue weighted by molar-refractivity contribution is 5.68. The van der Waals surface area contributed by atoms with Crippen molar-refractivity contribution in [3.05, 3.63) is 0 Å². The van der Waals surface area contributed by atoms with Gasteiger partial charge in [-0.1, -0.05) is 19.8 Å². The number of nitrogens with one attached hydrogen (secondary N) is 1. The van der Waals surface area contributed by atoms with Crippen LogP contribution in [0.4, 0.5) is 4.79 Å². The second-order valence-corrected chi connectivity index (χ2v) is 4.72. The van der Waals surface area contributed by atoms with Crippen LogP contribution in [0.1, 0.15) is 47.0 Å². The first-order chi connectivity index (χ1) is 6.89. The van der Waals surface area contributed by atoms with Crippen LogP contribution in [0.2, 0.25) is 0 Å². The minimum Gasteiger partial charge on any atom is -0.444 e. The number of carbonyl (C=O) groups is 1. The Hall–Kier alpha value is -0.770. The molecular formula is C11H24N2O2. The first-order valence-electron chi connectivity index (χ1n) is 5.58. The summed E-state index contributed by atoms with van der Waals surface area (Å²) in [5.74, 6) is 0.